The maximum absolute atomic E-state index is 6.04. The second-order valence-electron chi connectivity index (χ2n) is 7.17. The van der Waals surface area contributed by atoms with Gasteiger partial charge in [-0.3, -0.25) is 9.89 Å². The lowest BCUT2D eigenvalue weighted by molar-refractivity contribution is -0.0939. The summed E-state index contributed by atoms with van der Waals surface area (Å²) in [6.07, 6.45) is 0.509. The molecule has 2 rings (SSSR count). The summed E-state index contributed by atoms with van der Waals surface area (Å²) >= 11 is 0. The number of aliphatic imine (C=N–C) groups is 1. The third kappa shape index (κ3) is 6.22. The monoisotopic (exact) mass is 446 g/mol. The predicted octanol–water partition coefficient (Wildman–Crippen LogP) is 3.23. The number of hydrogen-bond donors (Lipinski definition) is 2. The number of hydrogen-bond acceptors (Lipinski definition) is 3. The molecule has 1 aromatic carbocycles. The van der Waals surface area contributed by atoms with E-state index >= 15 is 0 Å². The first-order valence-corrected chi connectivity index (χ1v) is 8.30. The van der Waals surface area contributed by atoms with E-state index in [4.69, 9.17) is 10.5 Å². The minimum absolute atomic E-state index is 0. The van der Waals surface area contributed by atoms with Gasteiger partial charge in [0.05, 0.1) is 18.8 Å². The molecule has 0 amide bonds. The molecule has 0 spiro atoms. The van der Waals surface area contributed by atoms with E-state index < -0.39 is 0 Å². The van der Waals surface area contributed by atoms with Crippen molar-refractivity contribution >= 4 is 35.6 Å². The van der Waals surface area contributed by atoms with Crippen LogP contribution < -0.4 is 11.1 Å². The van der Waals surface area contributed by atoms with Crippen LogP contribution in [0.4, 0.5) is 5.69 Å². The SMILES string of the molecule is Cc1cccc(NC(N)=NCC(C)(C)N2CC(C)OC(C)C2)c1.I. The fraction of sp³-hybridized carbons (Fsp3) is 0.611. The van der Waals surface area contributed by atoms with Gasteiger partial charge in [-0.25, -0.2) is 0 Å². The largest absolute Gasteiger partial charge is 0.373 e. The fourth-order valence-corrected chi connectivity index (χ4v) is 2.96. The highest BCUT2D eigenvalue weighted by Gasteiger charge is 2.33. The van der Waals surface area contributed by atoms with Gasteiger partial charge in [-0.05, 0) is 52.3 Å². The van der Waals surface area contributed by atoms with Crippen molar-refractivity contribution in [2.45, 2.75) is 52.4 Å². The number of guanidine groups is 1. The average molecular weight is 446 g/mol. The lowest BCUT2D eigenvalue weighted by atomic mass is 10.0. The molecule has 3 N–H and O–H groups in total. The topological polar surface area (TPSA) is 62.9 Å². The number of morpholine rings is 1. The first-order chi connectivity index (χ1) is 10.8. The summed E-state index contributed by atoms with van der Waals surface area (Å²) in [5, 5.41) is 3.16. The average Bonchev–Trinajstić information content (AvgIpc) is 2.44. The van der Waals surface area contributed by atoms with E-state index in [-0.39, 0.29) is 41.7 Å². The van der Waals surface area contributed by atoms with Crippen LogP contribution in [0.15, 0.2) is 29.3 Å². The molecule has 0 aromatic heterocycles. The Bertz CT molecular complexity index is 552. The summed E-state index contributed by atoms with van der Waals surface area (Å²) in [7, 11) is 0. The predicted molar refractivity (Wildman–Crippen MR) is 112 cm³/mol. The molecule has 5 nitrogen and oxygen atoms in total. The quantitative estimate of drug-likeness (QED) is 0.424. The Kier molecular flexibility index (Phi) is 7.95. The summed E-state index contributed by atoms with van der Waals surface area (Å²) in [6, 6.07) is 8.11. The van der Waals surface area contributed by atoms with Gasteiger partial charge in [-0.15, -0.1) is 24.0 Å². The van der Waals surface area contributed by atoms with Gasteiger partial charge < -0.3 is 15.8 Å². The Morgan fingerprint density at radius 2 is 1.96 bits per heavy atom. The Balaban J connectivity index is 0.00000288. The molecular formula is C18H31IN4O. The van der Waals surface area contributed by atoms with E-state index in [1.165, 1.54) is 5.56 Å². The Morgan fingerprint density at radius 1 is 1.33 bits per heavy atom. The van der Waals surface area contributed by atoms with Crippen molar-refractivity contribution in [1.29, 1.82) is 0 Å². The molecule has 2 unspecified atom stereocenters. The third-order valence-corrected chi connectivity index (χ3v) is 4.20. The molecule has 1 aliphatic rings. The first kappa shape index (κ1) is 21.2. The summed E-state index contributed by atoms with van der Waals surface area (Å²) < 4.78 is 5.81. The van der Waals surface area contributed by atoms with Crippen molar-refractivity contribution < 1.29 is 4.74 Å². The minimum atomic E-state index is -0.0504. The summed E-state index contributed by atoms with van der Waals surface area (Å²) in [5.74, 6) is 0.457. The highest BCUT2D eigenvalue weighted by Crippen LogP contribution is 2.21. The molecule has 0 radical (unpaired) electrons. The van der Waals surface area contributed by atoms with Crippen LogP contribution in [-0.4, -0.2) is 48.2 Å². The van der Waals surface area contributed by atoms with Crippen LogP contribution in [0.3, 0.4) is 0 Å². The zero-order valence-corrected chi connectivity index (χ0v) is 17.7. The van der Waals surface area contributed by atoms with Gasteiger partial charge >= 0.3 is 0 Å². The Hall–Kier alpha value is -0.860. The van der Waals surface area contributed by atoms with Crippen molar-refractivity contribution in [3.63, 3.8) is 0 Å². The van der Waals surface area contributed by atoms with Gasteiger partial charge in [0.1, 0.15) is 0 Å². The molecule has 1 saturated heterocycles. The number of anilines is 1. The van der Waals surface area contributed by atoms with Gasteiger partial charge in [-0.1, -0.05) is 12.1 Å². The number of ether oxygens (including phenoxy) is 1. The molecule has 136 valence electrons. The normalized spacial score (nSPS) is 22.8. The minimum Gasteiger partial charge on any atom is -0.373 e. The van der Waals surface area contributed by atoms with Crippen LogP contribution in [0.5, 0.6) is 0 Å². The van der Waals surface area contributed by atoms with Gasteiger partial charge in [0.2, 0.25) is 0 Å². The van der Waals surface area contributed by atoms with Gasteiger partial charge in [0.25, 0.3) is 0 Å². The first-order valence-electron chi connectivity index (χ1n) is 8.30. The second kappa shape index (κ2) is 9.01. The van der Waals surface area contributed by atoms with Crippen LogP contribution in [0.1, 0.15) is 33.3 Å². The van der Waals surface area contributed by atoms with Crippen molar-refractivity contribution in [2.24, 2.45) is 10.7 Å². The molecule has 1 fully saturated rings. The zero-order chi connectivity index (χ0) is 17.0. The van der Waals surface area contributed by atoms with Gasteiger partial charge in [-0.2, -0.15) is 0 Å². The van der Waals surface area contributed by atoms with E-state index in [0.29, 0.717) is 12.5 Å². The highest BCUT2D eigenvalue weighted by molar-refractivity contribution is 14.0. The molecule has 6 heteroatoms. The number of aryl methyl sites for hydroxylation is 1. The van der Waals surface area contributed by atoms with E-state index in [2.05, 4.69) is 62.0 Å². The lowest BCUT2D eigenvalue weighted by Crippen LogP contribution is -2.56. The second-order valence-corrected chi connectivity index (χ2v) is 7.17. The standard InChI is InChI=1S/C18H30N4O.HI/c1-13-7-6-8-16(9-13)21-17(19)20-12-18(4,5)22-10-14(2)23-15(3)11-22;/h6-9,14-15H,10-12H2,1-5H3,(H3,19,20,21);1H. The maximum atomic E-state index is 6.04. The van der Waals surface area contributed by atoms with Crippen molar-refractivity contribution in [3.8, 4) is 0 Å². The Morgan fingerprint density at radius 3 is 2.54 bits per heavy atom. The third-order valence-electron chi connectivity index (χ3n) is 4.20. The van der Waals surface area contributed by atoms with E-state index in [1.807, 2.05) is 12.1 Å². The molecule has 24 heavy (non-hydrogen) atoms. The Labute approximate surface area is 163 Å². The van der Waals surface area contributed by atoms with Crippen LogP contribution in [-0.2, 0) is 4.74 Å². The van der Waals surface area contributed by atoms with Crippen molar-refractivity contribution in [1.82, 2.24) is 4.90 Å². The van der Waals surface area contributed by atoms with Crippen molar-refractivity contribution in [3.05, 3.63) is 29.8 Å². The number of nitrogens with one attached hydrogen (secondary N) is 1. The molecule has 0 aliphatic carbocycles. The molecule has 0 bridgehead atoms. The molecule has 2 atom stereocenters. The summed E-state index contributed by atoms with van der Waals surface area (Å²) in [4.78, 5) is 6.99. The summed E-state index contributed by atoms with van der Waals surface area (Å²) in [5.41, 5.74) is 8.16. The van der Waals surface area contributed by atoms with Crippen molar-refractivity contribution in [2.75, 3.05) is 25.0 Å². The molecule has 0 saturated carbocycles. The maximum Gasteiger partial charge on any atom is 0.193 e. The fourth-order valence-electron chi connectivity index (χ4n) is 2.96. The van der Waals surface area contributed by atoms with Gasteiger partial charge in [0, 0.05) is 24.3 Å². The molecular weight excluding hydrogens is 415 g/mol. The highest BCUT2D eigenvalue weighted by atomic mass is 127. The zero-order valence-electron chi connectivity index (χ0n) is 15.4. The number of rotatable bonds is 4. The lowest BCUT2D eigenvalue weighted by Gasteiger charge is -2.44. The van der Waals surface area contributed by atoms with Crippen LogP contribution in [0.2, 0.25) is 0 Å². The number of halogens is 1. The summed E-state index contributed by atoms with van der Waals surface area (Å²) in [6.45, 7) is 13.2. The molecule has 1 aliphatic heterocycles. The van der Waals surface area contributed by atoms with Crippen LogP contribution in [0.25, 0.3) is 0 Å². The number of nitrogens with zero attached hydrogens (tertiary/aromatic N) is 2. The smallest absolute Gasteiger partial charge is 0.193 e. The number of nitrogens with two attached hydrogens (primary N) is 1. The van der Waals surface area contributed by atoms with Crippen LogP contribution >= 0.6 is 24.0 Å². The van der Waals surface area contributed by atoms with E-state index in [0.717, 1.165) is 18.8 Å². The van der Waals surface area contributed by atoms with E-state index in [9.17, 15) is 0 Å². The van der Waals surface area contributed by atoms with Crippen LogP contribution in [0, 0.1) is 6.92 Å². The number of benzene rings is 1. The molecule has 1 heterocycles. The van der Waals surface area contributed by atoms with Gasteiger partial charge in [0.15, 0.2) is 5.96 Å². The van der Waals surface area contributed by atoms with E-state index in [1.54, 1.807) is 0 Å². The molecule has 1 aromatic rings.